The van der Waals surface area contributed by atoms with Gasteiger partial charge in [0.25, 0.3) is 0 Å². The number of halogens is 1. The third-order valence-electron chi connectivity index (χ3n) is 4.19. The third kappa shape index (κ3) is 3.82. The van der Waals surface area contributed by atoms with Crippen LogP contribution in [0.4, 0.5) is 4.39 Å². The zero-order valence-electron chi connectivity index (χ0n) is 12.3. The van der Waals surface area contributed by atoms with Crippen LogP contribution in [0.3, 0.4) is 0 Å². The zero-order chi connectivity index (χ0) is 15.5. The van der Waals surface area contributed by atoms with E-state index in [1.165, 1.54) is 12.1 Å². The SMILES string of the molecule is O=C(NCC1OCC(NCc2ccc(F)cc2)C1O)C1CC1. The van der Waals surface area contributed by atoms with Crippen molar-refractivity contribution in [2.24, 2.45) is 5.92 Å². The summed E-state index contributed by atoms with van der Waals surface area (Å²) in [7, 11) is 0. The highest BCUT2D eigenvalue weighted by Gasteiger charge is 2.37. The fraction of sp³-hybridized carbons (Fsp3) is 0.562. The number of ether oxygens (including phenoxy) is 1. The lowest BCUT2D eigenvalue weighted by atomic mass is 10.1. The van der Waals surface area contributed by atoms with E-state index in [9.17, 15) is 14.3 Å². The number of rotatable bonds is 6. The largest absolute Gasteiger partial charge is 0.389 e. The van der Waals surface area contributed by atoms with Gasteiger partial charge in [0.2, 0.25) is 5.91 Å². The van der Waals surface area contributed by atoms with Gasteiger partial charge in [0.05, 0.1) is 18.8 Å². The van der Waals surface area contributed by atoms with E-state index in [0.29, 0.717) is 19.7 Å². The normalized spacial score (nSPS) is 27.8. The smallest absolute Gasteiger partial charge is 0.223 e. The molecule has 1 aromatic carbocycles. The molecule has 3 unspecified atom stereocenters. The van der Waals surface area contributed by atoms with Crippen molar-refractivity contribution in [2.45, 2.75) is 37.6 Å². The number of amides is 1. The number of carbonyl (C=O) groups excluding carboxylic acids is 1. The van der Waals surface area contributed by atoms with E-state index < -0.39 is 6.10 Å². The molecule has 3 rings (SSSR count). The molecule has 1 aliphatic heterocycles. The minimum Gasteiger partial charge on any atom is -0.389 e. The number of aliphatic hydroxyl groups excluding tert-OH is 1. The van der Waals surface area contributed by atoms with Gasteiger partial charge in [-0.2, -0.15) is 0 Å². The second kappa shape index (κ2) is 6.73. The van der Waals surface area contributed by atoms with Crippen molar-refractivity contribution in [3.05, 3.63) is 35.6 Å². The summed E-state index contributed by atoms with van der Waals surface area (Å²) in [5.41, 5.74) is 0.944. The molecule has 22 heavy (non-hydrogen) atoms. The van der Waals surface area contributed by atoms with Crippen LogP contribution in [0, 0.1) is 11.7 Å². The number of carbonyl (C=O) groups is 1. The maximum absolute atomic E-state index is 12.8. The Morgan fingerprint density at radius 1 is 1.32 bits per heavy atom. The highest BCUT2D eigenvalue weighted by molar-refractivity contribution is 5.80. The Morgan fingerprint density at radius 3 is 2.73 bits per heavy atom. The summed E-state index contributed by atoms with van der Waals surface area (Å²) in [5, 5.41) is 16.3. The van der Waals surface area contributed by atoms with Gasteiger partial charge in [-0.3, -0.25) is 4.79 Å². The summed E-state index contributed by atoms with van der Waals surface area (Å²) < 4.78 is 18.4. The molecule has 3 atom stereocenters. The van der Waals surface area contributed by atoms with Crippen molar-refractivity contribution in [3.8, 4) is 0 Å². The van der Waals surface area contributed by atoms with E-state index >= 15 is 0 Å². The minimum absolute atomic E-state index is 0.0542. The van der Waals surface area contributed by atoms with E-state index in [1.807, 2.05) is 0 Å². The molecular weight excluding hydrogens is 287 g/mol. The summed E-state index contributed by atoms with van der Waals surface area (Å²) >= 11 is 0. The summed E-state index contributed by atoms with van der Waals surface area (Å²) in [6.07, 6.45) is 0.872. The Bertz CT molecular complexity index is 519. The average Bonchev–Trinajstić information content (AvgIpc) is 3.30. The third-order valence-corrected chi connectivity index (χ3v) is 4.19. The van der Waals surface area contributed by atoms with Gasteiger partial charge in [-0.15, -0.1) is 0 Å². The monoisotopic (exact) mass is 308 g/mol. The predicted octanol–water partition coefficient (Wildman–Crippen LogP) is 0.570. The molecule has 0 aromatic heterocycles. The summed E-state index contributed by atoms with van der Waals surface area (Å²) in [5.74, 6) is -0.0519. The van der Waals surface area contributed by atoms with Crippen molar-refractivity contribution in [2.75, 3.05) is 13.2 Å². The topological polar surface area (TPSA) is 70.6 Å². The van der Waals surface area contributed by atoms with Crippen LogP contribution in [-0.2, 0) is 16.1 Å². The highest BCUT2D eigenvalue weighted by Crippen LogP contribution is 2.28. The first kappa shape index (κ1) is 15.4. The second-order valence-corrected chi connectivity index (χ2v) is 6.00. The molecule has 2 fully saturated rings. The molecule has 1 aromatic rings. The van der Waals surface area contributed by atoms with Crippen molar-refractivity contribution in [3.63, 3.8) is 0 Å². The van der Waals surface area contributed by atoms with Crippen LogP contribution in [0.5, 0.6) is 0 Å². The number of nitrogens with one attached hydrogen (secondary N) is 2. The predicted molar refractivity (Wildman–Crippen MR) is 78.5 cm³/mol. The van der Waals surface area contributed by atoms with Gasteiger partial charge in [0, 0.05) is 19.0 Å². The molecule has 0 radical (unpaired) electrons. The number of hydrogen-bond donors (Lipinski definition) is 3. The highest BCUT2D eigenvalue weighted by atomic mass is 19.1. The summed E-state index contributed by atoms with van der Waals surface area (Å²) in [4.78, 5) is 11.6. The van der Waals surface area contributed by atoms with E-state index in [4.69, 9.17) is 4.74 Å². The molecule has 5 nitrogen and oxygen atoms in total. The first-order chi connectivity index (χ1) is 10.6. The minimum atomic E-state index is -0.667. The Morgan fingerprint density at radius 2 is 2.05 bits per heavy atom. The molecule has 1 amide bonds. The number of hydrogen-bond acceptors (Lipinski definition) is 4. The molecule has 3 N–H and O–H groups in total. The zero-order valence-corrected chi connectivity index (χ0v) is 12.3. The van der Waals surface area contributed by atoms with Gasteiger partial charge in [-0.25, -0.2) is 4.39 Å². The van der Waals surface area contributed by atoms with Gasteiger partial charge in [-0.1, -0.05) is 12.1 Å². The lowest BCUT2D eigenvalue weighted by Gasteiger charge is -2.19. The number of aliphatic hydroxyl groups is 1. The van der Waals surface area contributed by atoms with Crippen LogP contribution in [0.15, 0.2) is 24.3 Å². The molecular formula is C16H21FN2O3. The molecule has 2 aliphatic rings. The quantitative estimate of drug-likeness (QED) is 0.718. The average molecular weight is 308 g/mol. The van der Waals surface area contributed by atoms with E-state index in [1.54, 1.807) is 12.1 Å². The molecule has 0 bridgehead atoms. The van der Waals surface area contributed by atoms with Gasteiger partial charge in [0.15, 0.2) is 0 Å². The van der Waals surface area contributed by atoms with Crippen LogP contribution in [0.2, 0.25) is 0 Å². The molecule has 6 heteroatoms. The van der Waals surface area contributed by atoms with E-state index in [-0.39, 0.29) is 29.8 Å². The number of benzene rings is 1. The van der Waals surface area contributed by atoms with Crippen molar-refractivity contribution >= 4 is 5.91 Å². The maximum Gasteiger partial charge on any atom is 0.223 e. The fourth-order valence-electron chi connectivity index (χ4n) is 2.59. The summed E-state index contributed by atoms with van der Waals surface area (Å²) in [6.45, 7) is 1.27. The van der Waals surface area contributed by atoms with Crippen molar-refractivity contribution in [1.29, 1.82) is 0 Å². The molecule has 1 saturated heterocycles. The first-order valence-corrected chi connectivity index (χ1v) is 7.68. The van der Waals surface area contributed by atoms with Crippen molar-refractivity contribution in [1.82, 2.24) is 10.6 Å². The molecule has 1 heterocycles. The van der Waals surface area contributed by atoms with E-state index in [2.05, 4.69) is 10.6 Å². The Labute approximate surface area is 128 Å². The van der Waals surface area contributed by atoms with Gasteiger partial charge < -0.3 is 20.5 Å². The van der Waals surface area contributed by atoms with Crippen LogP contribution in [0.1, 0.15) is 18.4 Å². The van der Waals surface area contributed by atoms with Crippen LogP contribution < -0.4 is 10.6 Å². The summed E-state index contributed by atoms with van der Waals surface area (Å²) in [6, 6.07) is 6.05. The van der Waals surface area contributed by atoms with Crippen molar-refractivity contribution < 1.29 is 19.0 Å². The van der Waals surface area contributed by atoms with Crippen LogP contribution >= 0.6 is 0 Å². The molecule has 1 saturated carbocycles. The lowest BCUT2D eigenvalue weighted by molar-refractivity contribution is -0.123. The Balaban J connectivity index is 1.43. The van der Waals surface area contributed by atoms with Crippen LogP contribution in [-0.4, -0.2) is 42.4 Å². The standard InChI is InChI=1S/C16H21FN2O3/c17-12-5-1-10(2-6-12)7-18-13-9-22-14(15(13)20)8-19-16(21)11-3-4-11/h1-2,5-6,11,13-15,18,20H,3-4,7-9H2,(H,19,21). The Kier molecular flexibility index (Phi) is 4.71. The fourth-order valence-corrected chi connectivity index (χ4v) is 2.59. The lowest BCUT2D eigenvalue weighted by Crippen LogP contribution is -2.44. The van der Waals surface area contributed by atoms with Gasteiger partial charge in [-0.05, 0) is 30.5 Å². The molecule has 1 aliphatic carbocycles. The van der Waals surface area contributed by atoms with E-state index in [0.717, 1.165) is 18.4 Å². The maximum atomic E-state index is 12.8. The Hall–Kier alpha value is -1.50. The van der Waals surface area contributed by atoms with Gasteiger partial charge >= 0.3 is 0 Å². The second-order valence-electron chi connectivity index (χ2n) is 6.00. The van der Waals surface area contributed by atoms with Crippen LogP contribution in [0.25, 0.3) is 0 Å². The first-order valence-electron chi connectivity index (χ1n) is 7.68. The molecule has 120 valence electrons. The molecule has 0 spiro atoms. The van der Waals surface area contributed by atoms with Gasteiger partial charge in [0.1, 0.15) is 11.9 Å².